The number of aliphatic imine (C=N–C) groups is 1. The van der Waals surface area contributed by atoms with Crippen LogP contribution < -0.4 is 11.1 Å². The van der Waals surface area contributed by atoms with E-state index in [0.29, 0.717) is 38.6 Å². The summed E-state index contributed by atoms with van der Waals surface area (Å²) >= 11 is 0. The molecule has 10 nitrogen and oxygen atoms in total. The molecule has 3 aliphatic heterocycles. The summed E-state index contributed by atoms with van der Waals surface area (Å²) in [4.78, 5) is 47.9. The number of guanidine groups is 1. The molecular weight excluding hydrogens is 338 g/mol. The van der Waals surface area contributed by atoms with Crippen molar-refractivity contribution in [3.8, 4) is 0 Å². The van der Waals surface area contributed by atoms with Crippen molar-refractivity contribution in [1.82, 2.24) is 24.9 Å². The Labute approximate surface area is 153 Å². The van der Waals surface area contributed by atoms with Crippen molar-refractivity contribution in [2.24, 2.45) is 16.6 Å². The molecule has 10 heteroatoms. The molecule has 3 N–H and O–H groups in total. The minimum atomic E-state index is -0.506. The molecule has 3 heterocycles. The zero-order valence-corrected chi connectivity index (χ0v) is 15.5. The number of amides is 4. The Balaban J connectivity index is 1.79. The van der Waals surface area contributed by atoms with E-state index in [4.69, 9.17) is 10.7 Å². The van der Waals surface area contributed by atoms with E-state index in [9.17, 15) is 14.4 Å². The van der Waals surface area contributed by atoms with Crippen molar-refractivity contribution < 1.29 is 14.4 Å². The second kappa shape index (κ2) is 7.10. The van der Waals surface area contributed by atoms with Crippen molar-refractivity contribution in [1.29, 1.82) is 0 Å². The molecule has 2 saturated heterocycles. The fraction of sp³-hybridized carbons (Fsp3) is 0.750. The number of piperazine rings is 1. The molecule has 0 aromatic rings. The molecule has 0 radical (unpaired) electrons. The highest BCUT2D eigenvalue weighted by molar-refractivity contribution is 6.03. The Morgan fingerprint density at radius 2 is 1.92 bits per heavy atom. The molecule has 2 fully saturated rings. The van der Waals surface area contributed by atoms with E-state index in [-0.39, 0.29) is 18.4 Å². The zero-order chi connectivity index (χ0) is 19.0. The fourth-order valence-corrected chi connectivity index (χ4v) is 3.69. The summed E-state index contributed by atoms with van der Waals surface area (Å²) in [5.74, 6) is 0.459. The molecule has 2 unspecified atom stereocenters. The molecule has 0 spiro atoms. The molecular formula is C16H27N7O3. The van der Waals surface area contributed by atoms with E-state index in [1.807, 2.05) is 9.80 Å². The lowest BCUT2D eigenvalue weighted by Gasteiger charge is -2.40. The van der Waals surface area contributed by atoms with Crippen molar-refractivity contribution in [2.45, 2.75) is 26.1 Å². The minimum Gasteiger partial charge on any atom is -0.369 e. The molecule has 144 valence electrons. The molecule has 2 atom stereocenters. The highest BCUT2D eigenvalue weighted by Gasteiger charge is 2.49. The van der Waals surface area contributed by atoms with Gasteiger partial charge >= 0.3 is 6.03 Å². The van der Waals surface area contributed by atoms with Crippen LogP contribution in [-0.2, 0) is 9.59 Å². The Morgan fingerprint density at radius 3 is 2.50 bits per heavy atom. The quantitative estimate of drug-likeness (QED) is 0.613. The third-order valence-electron chi connectivity index (χ3n) is 4.94. The summed E-state index contributed by atoms with van der Waals surface area (Å²) in [7, 11) is 1.66. The predicted molar refractivity (Wildman–Crippen MR) is 95.1 cm³/mol. The summed E-state index contributed by atoms with van der Waals surface area (Å²) < 4.78 is 0. The Morgan fingerprint density at radius 1 is 1.27 bits per heavy atom. The zero-order valence-electron chi connectivity index (χ0n) is 15.5. The second-order valence-electron chi connectivity index (χ2n) is 7.47. The Hall–Kier alpha value is -2.36. The maximum absolute atomic E-state index is 12.5. The van der Waals surface area contributed by atoms with Crippen molar-refractivity contribution >= 4 is 23.8 Å². The number of primary amides is 1. The average Bonchev–Trinajstić information content (AvgIpc) is 2.92. The predicted octanol–water partition coefficient (Wildman–Crippen LogP) is -1.71. The number of hydrogen-bond acceptors (Lipinski definition) is 7. The molecule has 0 saturated carbocycles. The van der Waals surface area contributed by atoms with Crippen LogP contribution in [0, 0.1) is 5.92 Å². The summed E-state index contributed by atoms with van der Waals surface area (Å²) in [6, 6.07) is -0.921. The van der Waals surface area contributed by atoms with Gasteiger partial charge in [0, 0.05) is 39.8 Å². The third kappa shape index (κ3) is 3.46. The van der Waals surface area contributed by atoms with Gasteiger partial charge in [-0.3, -0.25) is 19.8 Å². The first-order chi connectivity index (χ1) is 12.3. The van der Waals surface area contributed by atoms with E-state index in [1.54, 1.807) is 7.05 Å². The highest BCUT2D eigenvalue weighted by Crippen LogP contribution is 2.26. The van der Waals surface area contributed by atoms with E-state index in [1.165, 1.54) is 4.90 Å². The number of nitrogens with zero attached hydrogens (tertiary/aromatic N) is 5. The van der Waals surface area contributed by atoms with Crippen LogP contribution in [0.4, 0.5) is 4.79 Å². The van der Waals surface area contributed by atoms with Gasteiger partial charge in [0.2, 0.25) is 5.91 Å². The van der Waals surface area contributed by atoms with Crippen LogP contribution >= 0.6 is 0 Å². The molecule has 0 aromatic heterocycles. The Kier molecular flexibility index (Phi) is 5.03. The lowest BCUT2D eigenvalue weighted by atomic mass is 10.1. The first-order valence-electron chi connectivity index (χ1n) is 8.95. The highest BCUT2D eigenvalue weighted by atomic mass is 16.2. The number of carbonyl (C=O) groups excluding carboxylic acids is 3. The number of rotatable bonds is 4. The number of imide groups is 1. The van der Waals surface area contributed by atoms with Crippen molar-refractivity contribution in [3.63, 3.8) is 0 Å². The number of nitrogens with two attached hydrogens (primary N) is 1. The average molecular weight is 365 g/mol. The van der Waals surface area contributed by atoms with Gasteiger partial charge in [-0.15, -0.1) is 0 Å². The number of likely N-dealkylation sites (N-methyl/N-ethyl adjacent to an activating group) is 1. The van der Waals surface area contributed by atoms with E-state index >= 15 is 0 Å². The van der Waals surface area contributed by atoms with Gasteiger partial charge in [0.15, 0.2) is 18.2 Å². The molecule has 26 heavy (non-hydrogen) atoms. The molecule has 3 aliphatic rings. The largest absolute Gasteiger partial charge is 0.369 e. The van der Waals surface area contributed by atoms with Crippen LogP contribution in [0.3, 0.4) is 0 Å². The molecule has 0 aromatic carbocycles. The monoisotopic (exact) mass is 365 g/mol. The van der Waals surface area contributed by atoms with Gasteiger partial charge in [0.25, 0.3) is 5.91 Å². The first kappa shape index (κ1) is 18.4. The summed E-state index contributed by atoms with van der Waals surface area (Å²) in [6.07, 6.45) is -0.506. The normalized spacial score (nSPS) is 26.9. The van der Waals surface area contributed by atoms with Crippen LogP contribution in [0.1, 0.15) is 13.8 Å². The number of carbonyl (C=O) groups is 3. The van der Waals surface area contributed by atoms with E-state index in [0.717, 1.165) is 5.96 Å². The van der Waals surface area contributed by atoms with Crippen molar-refractivity contribution in [2.75, 3.05) is 46.3 Å². The molecule has 4 amide bonds. The lowest BCUT2D eigenvalue weighted by molar-refractivity contribution is -0.127. The summed E-state index contributed by atoms with van der Waals surface area (Å²) in [5.41, 5.74) is 5.27. The minimum absolute atomic E-state index is 0.251. The summed E-state index contributed by atoms with van der Waals surface area (Å²) in [6.45, 7) is 7.90. The maximum Gasteiger partial charge on any atom is 0.325 e. The van der Waals surface area contributed by atoms with Gasteiger partial charge in [-0.1, -0.05) is 13.8 Å². The standard InChI is InChI=1S/C16H27N7O3/c1-10(2)8-23-12-13(20(3)16(26)19-14(12)25)18-15(23)22-6-4-21(5-7-22)9-11(17)24/h10,12-13H,4-9H2,1-3H3,(H2,17,24)(H,19,25,26). The SMILES string of the molecule is CC(C)CN1C(N2CCN(CC(N)=O)CC2)=NC2C1C(=O)NC(=O)N2C. The van der Waals surface area contributed by atoms with E-state index in [2.05, 4.69) is 24.1 Å². The van der Waals surface area contributed by atoms with Crippen LogP contribution in [0.15, 0.2) is 4.99 Å². The smallest absolute Gasteiger partial charge is 0.325 e. The number of urea groups is 1. The molecule has 0 aliphatic carbocycles. The van der Waals surface area contributed by atoms with Gasteiger partial charge in [-0.2, -0.15) is 0 Å². The number of hydrogen-bond donors (Lipinski definition) is 2. The van der Waals surface area contributed by atoms with Gasteiger partial charge in [0.05, 0.1) is 6.54 Å². The van der Waals surface area contributed by atoms with Gasteiger partial charge < -0.3 is 20.4 Å². The second-order valence-corrected chi connectivity index (χ2v) is 7.47. The van der Waals surface area contributed by atoms with Crippen molar-refractivity contribution in [3.05, 3.63) is 0 Å². The number of fused-ring (bicyclic) bond motifs is 1. The van der Waals surface area contributed by atoms with Crippen LogP contribution in [-0.4, -0.2) is 102 Å². The summed E-state index contributed by atoms with van der Waals surface area (Å²) in [5, 5.41) is 2.41. The number of nitrogens with one attached hydrogen (secondary N) is 1. The fourth-order valence-electron chi connectivity index (χ4n) is 3.69. The maximum atomic E-state index is 12.5. The molecule has 0 bridgehead atoms. The van der Waals surface area contributed by atoms with E-state index < -0.39 is 18.2 Å². The van der Waals surface area contributed by atoms with Crippen LogP contribution in [0.5, 0.6) is 0 Å². The third-order valence-corrected chi connectivity index (χ3v) is 4.94. The topological polar surface area (TPSA) is 115 Å². The lowest BCUT2D eigenvalue weighted by Crippen LogP contribution is -2.65. The Bertz CT molecular complexity index is 627. The van der Waals surface area contributed by atoms with Gasteiger partial charge in [-0.05, 0) is 5.92 Å². The molecule has 3 rings (SSSR count). The van der Waals surface area contributed by atoms with Crippen LogP contribution in [0.25, 0.3) is 0 Å². The van der Waals surface area contributed by atoms with Gasteiger partial charge in [-0.25, -0.2) is 9.79 Å². The first-order valence-corrected chi connectivity index (χ1v) is 8.95. The van der Waals surface area contributed by atoms with Crippen LogP contribution in [0.2, 0.25) is 0 Å². The van der Waals surface area contributed by atoms with Gasteiger partial charge in [0.1, 0.15) is 0 Å².